The Labute approximate surface area is 137 Å². The minimum Gasteiger partial charge on any atom is -0.319 e. The average Bonchev–Trinajstić information content (AvgIpc) is 3.02. The molecule has 0 atom stereocenters. The van der Waals surface area contributed by atoms with Crippen LogP contribution in [0.2, 0.25) is 0 Å². The number of nitrogens with zero attached hydrogens (tertiary/aromatic N) is 1. The lowest BCUT2D eigenvalue weighted by atomic mass is 10.0. The van der Waals surface area contributed by atoms with Gasteiger partial charge >= 0.3 is 0 Å². The number of anilines is 1. The van der Waals surface area contributed by atoms with Crippen LogP contribution in [0.15, 0.2) is 42.5 Å². The van der Waals surface area contributed by atoms with Crippen molar-refractivity contribution in [1.29, 1.82) is 0 Å². The molecule has 0 fully saturated rings. The fourth-order valence-corrected chi connectivity index (χ4v) is 3.25. The van der Waals surface area contributed by atoms with Gasteiger partial charge in [-0.05, 0) is 43.0 Å². The molecule has 1 aliphatic carbocycles. The Morgan fingerprint density at radius 2 is 1.92 bits per heavy atom. The van der Waals surface area contributed by atoms with Gasteiger partial charge in [0.1, 0.15) is 11.6 Å². The molecule has 24 heavy (non-hydrogen) atoms. The molecule has 0 aliphatic heterocycles. The number of nitrogens with one attached hydrogen (secondary N) is 1. The number of hydrogen-bond acceptors (Lipinski definition) is 2. The van der Waals surface area contributed by atoms with Gasteiger partial charge in [0.2, 0.25) is 0 Å². The normalized spacial score (nSPS) is 13.1. The summed E-state index contributed by atoms with van der Waals surface area (Å²) in [5.41, 5.74) is 3.11. The Balaban J connectivity index is 1.82. The van der Waals surface area contributed by atoms with Crippen LogP contribution in [-0.2, 0) is 12.8 Å². The van der Waals surface area contributed by atoms with Gasteiger partial charge in [0.15, 0.2) is 0 Å². The Morgan fingerprint density at radius 3 is 2.75 bits per heavy atom. The van der Waals surface area contributed by atoms with E-state index in [1.165, 1.54) is 6.07 Å². The van der Waals surface area contributed by atoms with Gasteiger partial charge in [-0.1, -0.05) is 18.2 Å². The zero-order valence-electron chi connectivity index (χ0n) is 12.8. The lowest BCUT2D eigenvalue weighted by Gasteiger charge is -2.13. The molecule has 1 N–H and O–H groups in total. The number of amides is 1. The van der Waals surface area contributed by atoms with Gasteiger partial charge in [0, 0.05) is 17.1 Å². The molecule has 1 aliphatic rings. The summed E-state index contributed by atoms with van der Waals surface area (Å²) in [4.78, 5) is 17.5. The molecule has 1 aromatic heterocycles. The highest BCUT2D eigenvalue weighted by Crippen LogP contribution is 2.30. The van der Waals surface area contributed by atoms with Crippen LogP contribution in [0.3, 0.4) is 0 Å². The van der Waals surface area contributed by atoms with Crippen LogP contribution < -0.4 is 5.32 Å². The summed E-state index contributed by atoms with van der Waals surface area (Å²) < 4.78 is 26.9. The quantitative estimate of drug-likeness (QED) is 0.765. The molecule has 1 heterocycles. The van der Waals surface area contributed by atoms with E-state index < -0.39 is 17.5 Å². The maximum absolute atomic E-state index is 13.8. The number of carbonyl (C=O) groups is 1. The summed E-state index contributed by atoms with van der Waals surface area (Å²) in [6, 6.07) is 10.5. The van der Waals surface area contributed by atoms with Gasteiger partial charge in [-0.25, -0.2) is 8.78 Å². The minimum absolute atomic E-state index is 0.0333. The summed E-state index contributed by atoms with van der Waals surface area (Å²) >= 11 is 0. The Bertz CT molecular complexity index is 969. The molecule has 0 bridgehead atoms. The third-order valence-electron chi connectivity index (χ3n) is 4.33. The van der Waals surface area contributed by atoms with E-state index in [9.17, 15) is 13.6 Å². The number of benzene rings is 2. The number of halogens is 2. The molecule has 0 saturated heterocycles. The smallest absolute Gasteiger partial charge is 0.256 e. The first-order valence-corrected chi connectivity index (χ1v) is 7.80. The van der Waals surface area contributed by atoms with Crippen molar-refractivity contribution < 1.29 is 13.6 Å². The van der Waals surface area contributed by atoms with E-state index in [0.717, 1.165) is 53.6 Å². The molecule has 0 radical (unpaired) electrons. The van der Waals surface area contributed by atoms with Crippen molar-refractivity contribution in [3.05, 3.63) is 70.9 Å². The highest BCUT2D eigenvalue weighted by atomic mass is 19.1. The maximum Gasteiger partial charge on any atom is 0.256 e. The van der Waals surface area contributed by atoms with Crippen LogP contribution in [0.25, 0.3) is 10.9 Å². The molecular formula is C19H14F2N2O. The van der Waals surface area contributed by atoms with Crippen LogP contribution in [0, 0.1) is 11.6 Å². The lowest BCUT2D eigenvalue weighted by Crippen LogP contribution is -2.16. The highest BCUT2D eigenvalue weighted by Gasteiger charge is 2.24. The molecule has 0 spiro atoms. The van der Waals surface area contributed by atoms with Crippen molar-refractivity contribution in [1.82, 2.24) is 4.98 Å². The third-order valence-corrected chi connectivity index (χ3v) is 4.33. The molecule has 3 nitrogen and oxygen atoms in total. The zero-order chi connectivity index (χ0) is 16.7. The monoisotopic (exact) mass is 324 g/mol. The number of fused-ring (bicyclic) bond motifs is 2. The van der Waals surface area contributed by atoms with E-state index in [0.29, 0.717) is 5.56 Å². The molecule has 0 unspecified atom stereocenters. The van der Waals surface area contributed by atoms with Gasteiger partial charge in [-0.2, -0.15) is 0 Å². The van der Waals surface area contributed by atoms with Gasteiger partial charge < -0.3 is 5.32 Å². The van der Waals surface area contributed by atoms with Gasteiger partial charge in [0.05, 0.1) is 16.8 Å². The van der Waals surface area contributed by atoms with Crippen molar-refractivity contribution in [3.8, 4) is 0 Å². The van der Waals surface area contributed by atoms with Crippen molar-refractivity contribution in [3.63, 3.8) is 0 Å². The van der Waals surface area contributed by atoms with Crippen LogP contribution in [0.5, 0.6) is 0 Å². The second kappa shape index (κ2) is 5.67. The topological polar surface area (TPSA) is 42.0 Å². The summed E-state index contributed by atoms with van der Waals surface area (Å²) in [5.74, 6) is -1.86. The van der Waals surface area contributed by atoms with E-state index in [-0.39, 0.29) is 5.69 Å². The largest absolute Gasteiger partial charge is 0.319 e. The van der Waals surface area contributed by atoms with Crippen molar-refractivity contribution >= 4 is 22.5 Å². The fraction of sp³-hybridized carbons (Fsp3) is 0.158. The number of carbonyl (C=O) groups excluding carboxylic acids is 1. The fourth-order valence-electron chi connectivity index (χ4n) is 3.25. The van der Waals surface area contributed by atoms with Crippen molar-refractivity contribution in [2.75, 3.05) is 5.32 Å². The Hall–Kier alpha value is -2.82. The van der Waals surface area contributed by atoms with E-state index in [2.05, 4.69) is 10.3 Å². The number of hydrogen-bond donors (Lipinski definition) is 1. The molecule has 3 aromatic rings. The van der Waals surface area contributed by atoms with Crippen LogP contribution in [0.1, 0.15) is 28.0 Å². The minimum atomic E-state index is -0.793. The Morgan fingerprint density at radius 1 is 1.08 bits per heavy atom. The SMILES string of the molecule is O=C(Nc1ccc(F)cc1F)c1c2c(nc3ccccc13)CCC2. The summed E-state index contributed by atoms with van der Waals surface area (Å²) in [7, 11) is 0. The second-order valence-corrected chi connectivity index (χ2v) is 5.86. The molecule has 4 rings (SSSR count). The first kappa shape index (κ1) is 14.8. The summed E-state index contributed by atoms with van der Waals surface area (Å²) in [6.07, 6.45) is 2.57. The predicted octanol–water partition coefficient (Wildman–Crippen LogP) is 4.25. The Kier molecular flexibility index (Phi) is 3.49. The number of pyridine rings is 1. The summed E-state index contributed by atoms with van der Waals surface area (Å²) in [5, 5.41) is 3.32. The van der Waals surface area contributed by atoms with Gasteiger partial charge in [-0.3, -0.25) is 9.78 Å². The van der Waals surface area contributed by atoms with Crippen molar-refractivity contribution in [2.45, 2.75) is 19.3 Å². The van der Waals surface area contributed by atoms with E-state index in [1.807, 2.05) is 24.3 Å². The standard InChI is InChI=1S/C19H14F2N2O/c20-11-8-9-17(14(21)10-11)23-19(24)18-12-4-1-2-6-15(12)22-16-7-3-5-13(16)18/h1-2,4,6,8-10H,3,5,7H2,(H,23,24). The van der Waals surface area contributed by atoms with Crippen LogP contribution in [0.4, 0.5) is 14.5 Å². The first-order chi connectivity index (χ1) is 11.6. The molecule has 5 heteroatoms. The number of rotatable bonds is 2. The average molecular weight is 324 g/mol. The summed E-state index contributed by atoms with van der Waals surface area (Å²) in [6.45, 7) is 0. The van der Waals surface area contributed by atoms with E-state index in [4.69, 9.17) is 0 Å². The number of para-hydroxylation sites is 1. The van der Waals surface area contributed by atoms with Gasteiger partial charge in [-0.15, -0.1) is 0 Å². The van der Waals surface area contributed by atoms with E-state index >= 15 is 0 Å². The molecule has 120 valence electrons. The maximum atomic E-state index is 13.8. The molecule has 2 aromatic carbocycles. The number of aromatic nitrogens is 1. The second-order valence-electron chi connectivity index (χ2n) is 5.86. The number of aryl methyl sites for hydroxylation is 1. The lowest BCUT2D eigenvalue weighted by molar-refractivity contribution is 0.102. The zero-order valence-corrected chi connectivity index (χ0v) is 12.8. The highest BCUT2D eigenvalue weighted by molar-refractivity contribution is 6.13. The van der Waals surface area contributed by atoms with Crippen molar-refractivity contribution in [2.24, 2.45) is 0 Å². The molecule has 1 amide bonds. The van der Waals surface area contributed by atoms with Crippen LogP contribution >= 0.6 is 0 Å². The third kappa shape index (κ3) is 2.42. The molecule has 0 saturated carbocycles. The predicted molar refractivity (Wildman–Crippen MR) is 88.1 cm³/mol. The first-order valence-electron chi connectivity index (χ1n) is 7.80. The molecular weight excluding hydrogens is 310 g/mol. The van der Waals surface area contributed by atoms with Crippen LogP contribution in [-0.4, -0.2) is 10.9 Å². The van der Waals surface area contributed by atoms with Gasteiger partial charge in [0.25, 0.3) is 5.91 Å². The van der Waals surface area contributed by atoms with E-state index in [1.54, 1.807) is 0 Å².